The van der Waals surface area contributed by atoms with Crippen molar-refractivity contribution in [1.82, 2.24) is 4.90 Å². The monoisotopic (exact) mass is 201 g/mol. The van der Waals surface area contributed by atoms with E-state index in [9.17, 15) is 4.79 Å². The average molecular weight is 201 g/mol. The lowest BCUT2D eigenvalue weighted by atomic mass is 10.4. The smallest absolute Gasteiger partial charge is 0.244 e. The van der Waals surface area contributed by atoms with Crippen LogP contribution in [-0.4, -0.2) is 26.2 Å². The van der Waals surface area contributed by atoms with Crippen molar-refractivity contribution >= 4 is 14.2 Å². The molecule has 0 N–H and O–H groups in total. The summed E-state index contributed by atoms with van der Waals surface area (Å²) >= 11 is 0. The van der Waals surface area contributed by atoms with Gasteiger partial charge in [0.15, 0.2) is 5.88 Å². The van der Waals surface area contributed by atoms with Gasteiger partial charge in [0.25, 0.3) is 0 Å². The van der Waals surface area contributed by atoms with E-state index in [2.05, 4.69) is 26.2 Å². The molecule has 0 saturated heterocycles. The molecule has 0 fully saturated rings. The summed E-state index contributed by atoms with van der Waals surface area (Å²) in [5.74, 6) is 0.495. The third kappa shape index (κ3) is 4.72. The quantitative estimate of drug-likeness (QED) is 0.515. The average Bonchev–Trinajstić information content (AvgIpc) is 1.98. The Morgan fingerprint density at radius 3 is 2.23 bits per heavy atom. The molecule has 0 heterocycles. The zero-order valence-corrected chi connectivity index (χ0v) is 10.2. The van der Waals surface area contributed by atoms with Gasteiger partial charge in [-0.05, 0) is 26.2 Å². The Labute approximate surface area is 81.5 Å². The molecule has 13 heavy (non-hydrogen) atoms. The first-order valence-electron chi connectivity index (χ1n) is 4.42. The second kappa shape index (κ2) is 4.46. The van der Waals surface area contributed by atoms with Gasteiger partial charge in [-0.3, -0.25) is 9.69 Å². The van der Waals surface area contributed by atoms with Crippen LogP contribution < -0.4 is 0 Å². The largest absolute Gasteiger partial charge is 0.533 e. The van der Waals surface area contributed by atoms with Crippen LogP contribution in [0.15, 0.2) is 12.5 Å². The van der Waals surface area contributed by atoms with E-state index in [-0.39, 0.29) is 5.91 Å². The predicted octanol–water partition coefficient (Wildman–Crippen LogP) is 2.18. The maximum absolute atomic E-state index is 11.2. The fraction of sp³-hybridized carbons (Fsp3) is 0.667. The van der Waals surface area contributed by atoms with E-state index in [1.54, 1.807) is 7.05 Å². The Morgan fingerprint density at radius 2 is 1.92 bits per heavy atom. The van der Waals surface area contributed by atoms with Crippen molar-refractivity contribution in [3.05, 3.63) is 12.5 Å². The number of hydrogen-bond acceptors (Lipinski definition) is 2. The maximum Gasteiger partial charge on any atom is 0.244 e. The van der Waals surface area contributed by atoms with E-state index < -0.39 is 8.32 Å². The number of amides is 1. The molecule has 76 valence electrons. The van der Waals surface area contributed by atoms with Gasteiger partial charge in [-0.25, -0.2) is 0 Å². The van der Waals surface area contributed by atoms with Crippen molar-refractivity contribution in [3.63, 3.8) is 0 Å². The molecule has 0 bridgehead atoms. The molecule has 0 atom stereocenters. The van der Waals surface area contributed by atoms with Crippen LogP contribution in [-0.2, 0) is 9.22 Å². The number of hydrogen-bond donors (Lipinski definition) is 0. The standard InChI is InChI=1S/C9H19NO2Si/c1-7-9(11)10(3)8(2)12-13(4,5)6/h2,7H2,1,3-6H3. The lowest BCUT2D eigenvalue weighted by Crippen LogP contribution is -2.33. The van der Waals surface area contributed by atoms with Crippen molar-refractivity contribution in [2.24, 2.45) is 0 Å². The third-order valence-electron chi connectivity index (χ3n) is 1.47. The van der Waals surface area contributed by atoms with Gasteiger partial charge in [0.2, 0.25) is 14.2 Å². The Hall–Kier alpha value is -0.773. The van der Waals surface area contributed by atoms with Crippen molar-refractivity contribution < 1.29 is 9.22 Å². The van der Waals surface area contributed by atoms with Crippen LogP contribution in [0.25, 0.3) is 0 Å². The fourth-order valence-electron chi connectivity index (χ4n) is 0.798. The van der Waals surface area contributed by atoms with Crippen LogP contribution in [0, 0.1) is 0 Å². The van der Waals surface area contributed by atoms with Gasteiger partial charge in [0, 0.05) is 13.5 Å². The molecule has 0 aromatic heterocycles. The molecule has 4 heteroatoms. The van der Waals surface area contributed by atoms with Gasteiger partial charge in [0.05, 0.1) is 0 Å². The van der Waals surface area contributed by atoms with Crippen molar-refractivity contribution in [2.75, 3.05) is 7.05 Å². The molecule has 0 radical (unpaired) electrons. The van der Waals surface area contributed by atoms with Gasteiger partial charge in [-0.2, -0.15) is 0 Å². The van der Waals surface area contributed by atoms with Crippen molar-refractivity contribution in [1.29, 1.82) is 0 Å². The summed E-state index contributed by atoms with van der Waals surface area (Å²) in [6, 6.07) is 0. The molecule has 0 aromatic carbocycles. The Morgan fingerprint density at radius 1 is 1.46 bits per heavy atom. The number of carbonyl (C=O) groups is 1. The summed E-state index contributed by atoms with van der Waals surface area (Å²) in [5.41, 5.74) is 0. The summed E-state index contributed by atoms with van der Waals surface area (Å²) in [6.45, 7) is 11.7. The predicted molar refractivity (Wildman–Crippen MR) is 56.6 cm³/mol. The van der Waals surface area contributed by atoms with Crippen molar-refractivity contribution in [2.45, 2.75) is 33.0 Å². The van der Waals surface area contributed by atoms with Gasteiger partial charge in [0.1, 0.15) is 0 Å². The van der Waals surface area contributed by atoms with Crippen LogP contribution in [0.4, 0.5) is 0 Å². The lowest BCUT2D eigenvalue weighted by Gasteiger charge is -2.26. The molecule has 1 amide bonds. The number of rotatable bonds is 4. The van der Waals surface area contributed by atoms with Crippen LogP contribution in [0.2, 0.25) is 19.6 Å². The summed E-state index contributed by atoms with van der Waals surface area (Å²) in [7, 11) is 0.0537. The molecule has 0 spiro atoms. The molecule has 3 nitrogen and oxygen atoms in total. The second-order valence-corrected chi connectivity index (χ2v) is 8.34. The zero-order valence-electron chi connectivity index (χ0n) is 9.18. The van der Waals surface area contributed by atoms with Crippen LogP contribution in [0.3, 0.4) is 0 Å². The Kier molecular flexibility index (Phi) is 4.19. The van der Waals surface area contributed by atoms with Crippen LogP contribution in [0.1, 0.15) is 13.3 Å². The highest BCUT2D eigenvalue weighted by atomic mass is 28.4. The second-order valence-electron chi connectivity index (χ2n) is 3.91. The highest BCUT2D eigenvalue weighted by Crippen LogP contribution is 2.11. The Balaban J connectivity index is 4.20. The SMILES string of the molecule is C=C(O[Si](C)(C)C)N(C)C(=O)CC. The van der Waals surface area contributed by atoms with Crippen molar-refractivity contribution in [3.8, 4) is 0 Å². The molecule has 0 aliphatic carbocycles. The molecule has 0 rings (SSSR count). The van der Waals surface area contributed by atoms with E-state index in [0.717, 1.165) is 0 Å². The third-order valence-corrected chi connectivity index (χ3v) is 2.32. The minimum absolute atomic E-state index is 0.0308. The highest BCUT2D eigenvalue weighted by molar-refractivity contribution is 6.70. The molecular weight excluding hydrogens is 182 g/mol. The van der Waals surface area contributed by atoms with Gasteiger partial charge < -0.3 is 4.43 Å². The van der Waals surface area contributed by atoms with Gasteiger partial charge >= 0.3 is 0 Å². The molecule has 0 aliphatic rings. The topological polar surface area (TPSA) is 29.5 Å². The molecule has 0 saturated carbocycles. The summed E-state index contributed by atoms with van der Waals surface area (Å²) in [4.78, 5) is 12.7. The summed E-state index contributed by atoms with van der Waals surface area (Å²) in [5, 5.41) is 0. The number of carbonyl (C=O) groups excluding carboxylic acids is 1. The number of nitrogens with zero attached hydrogens (tertiary/aromatic N) is 1. The normalized spacial score (nSPS) is 10.8. The van der Waals surface area contributed by atoms with Gasteiger partial charge in [-0.1, -0.05) is 6.92 Å². The minimum atomic E-state index is -1.64. The van der Waals surface area contributed by atoms with E-state index in [4.69, 9.17) is 4.43 Å². The first-order valence-corrected chi connectivity index (χ1v) is 7.83. The summed E-state index contributed by atoms with van der Waals surface area (Å²) < 4.78 is 5.57. The summed E-state index contributed by atoms with van der Waals surface area (Å²) in [6.07, 6.45) is 0.477. The highest BCUT2D eigenvalue weighted by Gasteiger charge is 2.20. The van der Waals surface area contributed by atoms with E-state index >= 15 is 0 Å². The maximum atomic E-state index is 11.2. The zero-order chi connectivity index (χ0) is 10.6. The van der Waals surface area contributed by atoms with Crippen LogP contribution >= 0.6 is 0 Å². The van der Waals surface area contributed by atoms with E-state index in [1.807, 2.05) is 6.92 Å². The van der Waals surface area contributed by atoms with E-state index in [1.165, 1.54) is 4.90 Å². The Bertz CT molecular complexity index is 208. The lowest BCUT2D eigenvalue weighted by molar-refractivity contribution is -0.129. The van der Waals surface area contributed by atoms with Gasteiger partial charge in [-0.15, -0.1) is 0 Å². The van der Waals surface area contributed by atoms with E-state index in [0.29, 0.717) is 12.3 Å². The first kappa shape index (κ1) is 12.2. The molecule has 0 unspecified atom stereocenters. The molecule has 0 aliphatic heterocycles. The van der Waals surface area contributed by atoms with Crippen LogP contribution in [0.5, 0.6) is 0 Å². The fourth-order valence-corrected chi connectivity index (χ4v) is 1.64. The molecule has 0 aromatic rings. The first-order chi connectivity index (χ1) is 5.78. The molecular formula is C9H19NO2Si. The minimum Gasteiger partial charge on any atom is -0.533 e.